The number of nitrogens with zero attached hydrogens (tertiary/aromatic N) is 3. The van der Waals surface area contributed by atoms with Crippen LogP contribution in [0.15, 0.2) is 18.7 Å². The fraction of sp³-hybridized carbons (Fsp3) is 0.727. The van der Waals surface area contributed by atoms with Gasteiger partial charge in [-0.05, 0) is 18.8 Å². The van der Waals surface area contributed by atoms with Crippen LogP contribution in [0, 0.1) is 5.92 Å². The fourth-order valence-electron chi connectivity index (χ4n) is 2.44. The van der Waals surface area contributed by atoms with E-state index < -0.39 is 0 Å². The Morgan fingerprint density at radius 2 is 2.13 bits per heavy atom. The molecule has 0 aromatic carbocycles. The summed E-state index contributed by atoms with van der Waals surface area (Å²) in [6, 6.07) is 0. The second-order valence-electron chi connectivity index (χ2n) is 4.89. The highest BCUT2D eigenvalue weighted by Gasteiger charge is 2.51. The van der Waals surface area contributed by atoms with Crippen molar-refractivity contribution < 1.29 is 5.11 Å². The number of hydrogen-bond acceptors (Lipinski definition) is 3. The van der Waals surface area contributed by atoms with E-state index in [2.05, 4.69) is 14.5 Å². The van der Waals surface area contributed by atoms with Crippen LogP contribution < -0.4 is 0 Å². The zero-order valence-corrected chi connectivity index (χ0v) is 8.84. The van der Waals surface area contributed by atoms with Crippen LogP contribution in [0.4, 0.5) is 0 Å². The predicted molar refractivity (Wildman–Crippen MR) is 56.3 cm³/mol. The maximum absolute atomic E-state index is 10.1. The van der Waals surface area contributed by atoms with Gasteiger partial charge in [0.15, 0.2) is 0 Å². The van der Waals surface area contributed by atoms with E-state index in [0.717, 1.165) is 26.2 Å². The summed E-state index contributed by atoms with van der Waals surface area (Å²) in [4.78, 5) is 6.32. The summed E-state index contributed by atoms with van der Waals surface area (Å²) in [5.74, 6) is 0.599. The Hall–Kier alpha value is -0.870. The number of imidazole rings is 1. The van der Waals surface area contributed by atoms with E-state index in [-0.39, 0.29) is 5.60 Å². The van der Waals surface area contributed by atoms with Crippen LogP contribution >= 0.6 is 0 Å². The molecule has 0 unspecified atom stereocenters. The lowest BCUT2D eigenvalue weighted by Gasteiger charge is -2.47. The first kappa shape index (κ1) is 9.36. The van der Waals surface area contributed by atoms with Crippen LogP contribution in [0.5, 0.6) is 0 Å². The Labute approximate surface area is 89.5 Å². The molecule has 1 aliphatic heterocycles. The molecule has 0 amide bonds. The second-order valence-corrected chi connectivity index (χ2v) is 4.89. The third kappa shape index (κ3) is 1.79. The first-order chi connectivity index (χ1) is 7.26. The Morgan fingerprint density at radius 3 is 2.73 bits per heavy atom. The lowest BCUT2D eigenvalue weighted by atomic mass is 9.89. The highest BCUT2D eigenvalue weighted by Crippen LogP contribution is 2.44. The van der Waals surface area contributed by atoms with Crippen LogP contribution in [0.25, 0.3) is 0 Å². The van der Waals surface area contributed by atoms with Crippen LogP contribution in [0.2, 0.25) is 0 Å². The van der Waals surface area contributed by atoms with Gasteiger partial charge in [0.25, 0.3) is 0 Å². The number of aromatic nitrogens is 2. The largest absolute Gasteiger partial charge is 0.387 e. The fourth-order valence-corrected chi connectivity index (χ4v) is 2.44. The molecule has 0 spiro atoms. The Bertz CT molecular complexity index is 326. The Morgan fingerprint density at radius 1 is 1.33 bits per heavy atom. The van der Waals surface area contributed by atoms with Crippen molar-refractivity contribution in [1.82, 2.24) is 14.5 Å². The minimum absolute atomic E-state index is 0.338. The van der Waals surface area contributed by atoms with Crippen molar-refractivity contribution in [2.75, 3.05) is 19.6 Å². The molecule has 3 rings (SSSR count). The predicted octanol–water partition coefficient (Wildman–Crippen LogP) is 0.340. The standard InChI is InChI=1S/C11H17N3O/c15-11(10-1-2-10)7-14(8-11)6-5-13-4-3-12-9-13/h3-4,9-10,15H,1-2,5-8H2. The van der Waals surface area contributed by atoms with Crippen LogP contribution in [-0.4, -0.2) is 44.8 Å². The number of β-amino-alcohol motifs (C(OH)–C–C–N with tert-alkyl or cyclic N) is 1. The summed E-state index contributed by atoms with van der Waals surface area (Å²) >= 11 is 0. The molecule has 0 bridgehead atoms. The molecule has 1 saturated heterocycles. The monoisotopic (exact) mass is 207 g/mol. The van der Waals surface area contributed by atoms with Crippen molar-refractivity contribution in [1.29, 1.82) is 0 Å². The van der Waals surface area contributed by atoms with Crippen molar-refractivity contribution in [2.24, 2.45) is 5.92 Å². The maximum atomic E-state index is 10.1. The van der Waals surface area contributed by atoms with Gasteiger partial charge in [0.05, 0.1) is 11.9 Å². The van der Waals surface area contributed by atoms with Crippen LogP contribution in [0.3, 0.4) is 0 Å². The molecule has 1 N–H and O–H groups in total. The molecule has 1 aliphatic carbocycles. The molecule has 2 aliphatic rings. The van der Waals surface area contributed by atoms with E-state index >= 15 is 0 Å². The van der Waals surface area contributed by atoms with Gasteiger partial charge in [0.1, 0.15) is 0 Å². The van der Waals surface area contributed by atoms with E-state index in [4.69, 9.17) is 0 Å². The molecule has 1 aromatic heterocycles. The van der Waals surface area contributed by atoms with Gasteiger partial charge in [0.2, 0.25) is 0 Å². The van der Waals surface area contributed by atoms with Crippen molar-refractivity contribution in [3.63, 3.8) is 0 Å². The molecule has 0 radical (unpaired) electrons. The van der Waals surface area contributed by atoms with Gasteiger partial charge in [-0.1, -0.05) is 0 Å². The molecule has 2 heterocycles. The van der Waals surface area contributed by atoms with Gasteiger partial charge in [-0.25, -0.2) is 4.98 Å². The van der Waals surface area contributed by atoms with E-state index in [0.29, 0.717) is 5.92 Å². The van der Waals surface area contributed by atoms with Gasteiger partial charge in [0, 0.05) is 38.6 Å². The molecule has 4 nitrogen and oxygen atoms in total. The molecule has 0 atom stereocenters. The van der Waals surface area contributed by atoms with Crippen molar-refractivity contribution in [3.8, 4) is 0 Å². The Balaban J connectivity index is 1.44. The molecule has 2 fully saturated rings. The summed E-state index contributed by atoms with van der Waals surface area (Å²) in [5, 5.41) is 10.1. The summed E-state index contributed by atoms with van der Waals surface area (Å²) in [7, 11) is 0. The Kier molecular flexibility index (Phi) is 2.07. The van der Waals surface area contributed by atoms with Gasteiger partial charge in [-0.2, -0.15) is 0 Å². The lowest BCUT2D eigenvalue weighted by molar-refractivity contribution is -0.113. The zero-order chi connectivity index (χ0) is 10.3. The van der Waals surface area contributed by atoms with Crippen LogP contribution in [-0.2, 0) is 6.54 Å². The third-order valence-electron chi connectivity index (χ3n) is 3.57. The van der Waals surface area contributed by atoms with Gasteiger partial charge >= 0.3 is 0 Å². The van der Waals surface area contributed by atoms with Crippen molar-refractivity contribution in [2.45, 2.75) is 25.0 Å². The van der Waals surface area contributed by atoms with E-state index in [1.165, 1.54) is 12.8 Å². The number of hydrogen-bond donors (Lipinski definition) is 1. The average Bonchev–Trinajstić information content (AvgIpc) is 2.90. The third-order valence-corrected chi connectivity index (χ3v) is 3.57. The highest BCUT2D eigenvalue weighted by molar-refractivity contribution is 5.05. The normalized spacial score (nSPS) is 25.1. The van der Waals surface area contributed by atoms with Gasteiger partial charge in [-0.3, -0.25) is 4.90 Å². The van der Waals surface area contributed by atoms with Crippen LogP contribution in [0.1, 0.15) is 12.8 Å². The highest BCUT2D eigenvalue weighted by atomic mass is 16.3. The molecule has 1 aromatic rings. The van der Waals surface area contributed by atoms with Crippen molar-refractivity contribution >= 4 is 0 Å². The number of aliphatic hydroxyl groups is 1. The first-order valence-electron chi connectivity index (χ1n) is 5.67. The van der Waals surface area contributed by atoms with E-state index in [9.17, 15) is 5.11 Å². The van der Waals surface area contributed by atoms with Gasteiger partial charge in [-0.15, -0.1) is 0 Å². The maximum Gasteiger partial charge on any atom is 0.0946 e. The number of rotatable bonds is 4. The first-order valence-corrected chi connectivity index (χ1v) is 5.67. The molecule has 15 heavy (non-hydrogen) atoms. The van der Waals surface area contributed by atoms with E-state index in [1.807, 2.05) is 12.5 Å². The minimum Gasteiger partial charge on any atom is -0.387 e. The molecule has 82 valence electrons. The SMILES string of the molecule is OC1(C2CC2)CN(CCn2ccnc2)C1. The number of likely N-dealkylation sites (tertiary alicyclic amines) is 1. The average molecular weight is 207 g/mol. The second kappa shape index (κ2) is 3.32. The minimum atomic E-state index is -0.338. The lowest BCUT2D eigenvalue weighted by Crippen LogP contribution is -2.63. The molecular formula is C11H17N3O. The van der Waals surface area contributed by atoms with Gasteiger partial charge < -0.3 is 9.67 Å². The summed E-state index contributed by atoms with van der Waals surface area (Å²) in [6.07, 6.45) is 8.08. The quantitative estimate of drug-likeness (QED) is 0.774. The zero-order valence-electron chi connectivity index (χ0n) is 8.84. The van der Waals surface area contributed by atoms with Crippen molar-refractivity contribution in [3.05, 3.63) is 18.7 Å². The summed E-state index contributed by atoms with van der Waals surface area (Å²) in [5.41, 5.74) is -0.338. The topological polar surface area (TPSA) is 41.3 Å². The van der Waals surface area contributed by atoms with E-state index in [1.54, 1.807) is 6.20 Å². The smallest absolute Gasteiger partial charge is 0.0946 e. The molecule has 4 heteroatoms. The summed E-state index contributed by atoms with van der Waals surface area (Å²) in [6.45, 7) is 3.73. The summed E-state index contributed by atoms with van der Waals surface area (Å²) < 4.78 is 2.08. The molecule has 1 saturated carbocycles. The molecular weight excluding hydrogens is 190 g/mol.